The molecule has 0 unspecified atom stereocenters. The highest BCUT2D eigenvalue weighted by Gasteiger charge is 2.15. The number of para-hydroxylation sites is 1. The first-order valence-corrected chi connectivity index (χ1v) is 11.5. The van der Waals surface area contributed by atoms with Gasteiger partial charge in [-0.05, 0) is 74.1 Å². The fourth-order valence-corrected chi connectivity index (χ4v) is 4.33. The molecular weight excluding hydrogens is 410 g/mol. The first-order chi connectivity index (χ1) is 14.9. The molecule has 0 saturated carbocycles. The van der Waals surface area contributed by atoms with E-state index in [2.05, 4.69) is 14.2 Å². The first-order valence-electron chi connectivity index (χ1n) is 10.0. The third-order valence-corrected chi connectivity index (χ3v) is 6.32. The van der Waals surface area contributed by atoms with E-state index in [4.69, 9.17) is 4.74 Å². The molecule has 0 aliphatic heterocycles. The summed E-state index contributed by atoms with van der Waals surface area (Å²) in [5.41, 5.74) is 1.52. The summed E-state index contributed by atoms with van der Waals surface area (Å²) in [6.45, 7) is 1.73. The Balaban J connectivity index is 1.51. The van der Waals surface area contributed by atoms with Gasteiger partial charge in [-0.3, -0.25) is 4.72 Å². The van der Waals surface area contributed by atoms with Gasteiger partial charge in [0.1, 0.15) is 11.5 Å². The van der Waals surface area contributed by atoms with E-state index in [-0.39, 0.29) is 4.90 Å². The van der Waals surface area contributed by atoms with Crippen molar-refractivity contribution < 1.29 is 13.2 Å². The number of hydrogen-bond acceptors (Lipinski definition) is 4. The van der Waals surface area contributed by atoms with Crippen LogP contribution >= 0.6 is 0 Å². The number of likely N-dealkylation sites (N-methyl/N-ethyl adjacent to an activating group) is 1. The van der Waals surface area contributed by atoms with Crippen LogP contribution in [0.15, 0.2) is 90.0 Å². The van der Waals surface area contributed by atoms with E-state index in [0.29, 0.717) is 17.2 Å². The third kappa shape index (κ3) is 5.07. The van der Waals surface area contributed by atoms with Crippen molar-refractivity contribution in [3.63, 3.8) is 0 Å². The van der Waals surface area contributed by atoms with Gasteiger partial charge in [-0.2, -0.15) is 0 Å². The Bertz CT molecular complexity index is 1260. The minimum Gasteiger partial charge on any atom is -0.457 e. The fraction of sp³-hybridized carbons (Fsp3) is 0.167. The number of nitrogens with zero attached hydrogens (tertiary/aromatic N) is 2. The van der Waals surface area contributed by atoms with E-state index < -0.39 is 10.0 Å². The average Bonchev–Trinajstić information content (AvgIpc) is 3.15. The molecule has 0 aliphatic carbocycles. The van der Waals surface area contributed by atoms with Crippen LogP contribution in [-0.2, 0) is 16.6 Å². The molecule has 0 aliphatic rings. The van der Waals surface area contributed by atoms with Gasteiger partial charge in [0.2, 0.25) is 0 Å². The summed E-state index contributed by atoms with van der Waals surface area (Å²) in [5, 5.41) is 1.07. The minimum atomic E-state index is -3.72. The molecule has 0 radical (unpaired) electrons. The van der Waals surface area contributed by atoms with E-state index in [0.717, 1.165) is 24.0 Å². The van der Waals surface area contributed by atoms with Gasteiger partial charge in [0.25, 0.3) is 10.0 Å². The maximum absolute atomic E-state index is 12.9. The number of sulfonamides is 1. The SMILES string of the molecule is CN(C)CCn1ccc2ccc(NS(=O)(=O)c3ccc(Oc4ccccc4)cc3)cc21. The topological polar surface area (TPSA) is 63.6 Å². The molecule has 0 amide bonds. The highest BCUT2D eigenvalue weighted by Crippen LogP contribution is 2.25. The highest BCUT2D eigenvalue weighted by molar-refractivity contribution is 7.92. The van der Waals surface area contributed by atoms with E-state index in [1.807, 2.05) is 68.8 Å². The van der Waals surface area contributed by atoms with E-state index >= 15 is 0 Å². The molecule has 0 spiro atoms. The maximum Gasteiger partial charge on any atom is 0.261 e. The molecule has 0 saturated heterocycles. The standard InChI is InChI=1S/C24H25N3O3S/c1-26(2)16-17-27-15-14-19-8-9-20(18-24(19)27)25-31(28,29)23-12-10-22(11-13-23)30-21-6-4-3-5-7-21/h3-15,18,25H,16-17H2,1-2H3. The lowest BCUT2D eigenvalue weighted by molar-refractivity contribution is 0.387. The van der Waals surface area contributed by atoms with Crippen molar-refractivity contribution in [3.8, 4) is 11.5 Å². The Morgan fingerprint density at radius 1 is 0.903 bits per heavy atom. The highest BCUT2D eigenvalue weighted by atomic mass is 32.2. The number of fused-ring (bicyclic) bond motifs is 1. The summed E-state index contributed by atoms with van der Waals surface area (Å²) in [4.78, 5) is 2.29. The average molecular weight is 436 g/mol. The van der Waals surface area contributed by atoms with Gasteiger partial charge in [-0.15, -0.1) is 0 Å². The zero-order chi connectivity index (χ0) is 21.8. The Morgan fingerprint density at radius 2 is 1.61 bits per heavy atom. The molecule has 3 aromatic carbocycles. The second-order valence-corrected chi connectivity index (χ2v) is 9.26. The summed E-state index contributed by atoms with van der Waals surface area (Å²) in [6, 6.07) is 23.4. The summed E-state index contributed by atoms with van der Waals surface area (Å²) >= 11 is 0. The van der Waals surface area contributed by atoms with Crippen LogP contribution in [0.5, 0.6) is 11.5 Å². The van der Waals surface area contributed by atoms with Crippen molar-refractivity contribution in [1.29, 1.82) is 0 Å². The van der Waals surface area contributed by atoms with Gasteiger partial charge in [-0.25, -0.2) is 8.42 Å². The molecule has 1 aromatic heterocycles. The van der Waals surface area contributed by atoms with Gasteiger partial charge >= 0.3 is 0 Å². The van der Waals surface area contributed by atoms with Gasteiger partial charge in [0.05, 0.1) is 16.1 Å². The van der Waals surface area contributed by atoms with Crippen LogP contribution in [0.1, 0.15) is 0 Å². The largest absolute Gasteiger partial charge is 0.457 e. The molecule has 160 valence electrons. The van der Waals surface area contributed by atoms with Crippen molar-refractivity contribution in [2.75, 3.05) is 25.4 Å². The number of ether oxygens (including phenoxy) is 1. The molecule has 4 rings (SSSR count). The van der Waals surface area contributed by atoms with Gasteiger partial charge in [0.15, 0.2) is 0 Å². The predicted octanol–water partition coefficient (Wildman–Crippen LogP) is 4.80. The Morgan fingerprint density at radius 3 is 2.32 bits per heavy atom. The van der Waals surface area contributed by atoms with E-state index in [9.17, 15) is 8.42 Å². The molecule has 0 bridgehead atoms. The van der Waals surface area contributed by atoms with Gasteiger partial charge in [-0.1, -0.05) is 24.3 Å². The number of rotatable bonds is 8. The number of hydrogen-bond donors (Lipinski definition) is 1. The zero-order valence-electron chi connectivity index (χ0n) is 17.5. The molecule has 0 atom stereocenters. The van der Waals surface area contributed by atoms with Crippen LogP contribution in [0.25, 0.3) is 10.9 Å². The Kier molecular flexibility index (Phi) is 5.97. The summed E-state index contributed by atoms with van der Waals surface area (Å²) in [6.07, 6.45) is 2.03. The zero-order valence-corrected chi connectivity index (χ0v) is 18.3. The lowest BCUT2D eigenvalue weighted by atomic mass is 10.2. The molecule has 0 fully saturated rings. The second kappa shape index (κ2) is 8.83. The number of aromatic nitrogens is 1. The second-order valence-electron chi connectivity index (χ2n) is 7.58. The number of anilines is 1. The van der Waals surface area contributed by atoms with Crippen molar-refractivity contribution in [3.05, 3.63) is 85.1 Å². The molecule has 7 heteroatoms. The molecular formula is C24H25N3O3S. The van der Waals surface area contributed by atoms with E-state index in [1.165, 1.54) is 0 Å². The van der Waals surface area contributed by atoms with Crippen LogP contribution < -0.4 is 9.46 Å². The van der Waals surface area contributed by atoms with Crippen molar-refractivity contribution in [2.24, 2.45) is 0 Å². The van der Waals surface area contributed by atoms with Gasteiger partial charge < -0.3 is 14.2 Å². The maximum atomic E-state index is 12.9. The molecule has 4 aromatic rings. The summed E-state index contributed by atoms with van der Waals surface area (Å²) < 4.78 is 36.3. The lowest BCUT2D eigenvalue weighted by Crippen LogP contribution is -2.18. The van der Waals surface area contributed by atoms with Crippen molar-refractivity contribution >= 4 is 26.6 Å². The smallest absolute Gasteiger partial charge is 0.261 e. The fourth-order valence-electron chi connectivity index (χ4n) is 3.28. The van der Waals surface area contributed by atoms with Crippen molar-refractivity contribution in [2.45, 2.75) is 11.4 Å². The van der Waals surface area contributed by atoms with Crippen LogP contribution in [0.3, 0.4) is 0 Å². The lowest BCUT2D eigenvalue weighted by Gasteiger charge is -2.13. The summed E-state index contributed by atoms with van der Waals surface area (Å²) in [7, 11) is 0.342. The minimum absolute atomic E-state index is 0.177. The third-order valence-electron chi connectivity index (χ3n) is 4.93. The molecule has 31 heavy (non-hydrogen) atoms. The van der Waals surface area contributed by atoms with Gasteiger partial charge in [0, 0.05) is 19.3 Å². The number of nitrogens with one attached hydrogen (secondary N) is 1. The Labute approximate surface area is 182 Å². The van der Waals surface area contributed by atoms with Crippen LogP contribution in [0, 0.1) is 0 Å². The predicted molar refractivity (Wildman–Crippen MR) is 124 cm³/mol. The molecule has 1 N–H and O–H groups in total. The van der Waals surface area contributed by atoms with Crippen molar-refractivity contribution in [1.82, 2.24) is 9.47 Å². The van der Waals surface area contributed by atoms with Crippen LogP contribution in [0.4, 0.5) is 5.69 Å². The van der Waals surface area contributed by atoms with Crippen LogP contribution in [-0.4, -0.2) is 38.5 Å². The molecule has 1 heterocycles. The van der Waals surface area contributed by atoms with Crippen LogP contribution in [0.2, 0.25) is 0 Å². The Hall–Kier alpha value is -3.29. The monoisotopic (exact) mass is 435 g/mol. The molecule has 6 nitrogen and oxygen atoms in total. The normalized spacial score (nSPS) is 11.7. The quantitative estimate of drug-likeness (QED) is 0.432. The first kappa shape index (κ1) is 21.0. The van der Waals surface area contributed by atoms with E-state index in [1.54, 1.807) is 30.3 Å². The summed E-state index contributed by atoms with van der Waals surface area (Å²) in [5.74, 6) is 1.27. The number of benzene rings is 3.